The summed E-state index contributed by atoms with van der Waals surface area (Å²) in [6, 6.07) is 10.2. The molecule has 6 rings (SSSR count). The molecule has 44 heavy (non-hydrogen) atoms. The fourth-order valence-corrected chi connectivity index (χ4v) is 6.56. The highest BCUT2D eigenvalue weighted by Gasteiger charge is 2.57. The molecule has 4 heterocycles. The first-order chi connectivity index (χ1) is 20.9. The van der Waals surface area contributed by atoms with E-state index in [1.165, 1.54) is 22.8 Å². The van der Waals surface area contributed by atoms with E-state index in [-0.39, 0.29) is 36.2 Å². The van der Waals surface area contributed by atoms with Gasteiger partial charge in [0.1, 0.15) is 22.8 Å². The lowest BCUT2D eigenvalue weighted by Crippen LogP contribution is -2.52. The Kier molecular flexibility index (Phi) is 7.27. The summed E-state index contributed by atoms with van der Waals surface area (Å²) in [5.41, 5.74) is -2.24. The number of halogens is 2. The number of hydroxylamine groups is 2. The molecular weight excluding hydrogens is 574 g/mol. The van der Waals surface area contributed by atoms with E-state index in [1.54, 1.807) is 4.90 Å². The fraction of sp³-hybridized carbons (Fsp3) is 0.375. The van der Waals surface area contributed by atoms with E-state index in [4.69, 9.17) is 4.84 Å². The molecule has 2 N–H and O–H groups in total. The van der Waals surface area contributed by atoms with Crippen LogP contribution in [0.2, 0.25) is 0 Å². The average molecular weight is 607 g/mol. The first-order valence-corrected chi connectivity index (χ1v) is 14.5. The van der Waals surface area contributed by atoms with Crippen molar-refractivity contribution in [1.29, 1.82) is 0 Å². The van der Waals surface area contributed by atoms with Crippen LogP contribution in [0.4, 0.5) is 8.78 Å². The summed E-state index contributed by atoms with van der Waals surface area (Å²) in [5, 5.41) is 14.7. The number of fused-ring (bicyclic) bond motifs is 5. The number of rotatable bonds is 5. The number of nitrogens with one attached hydrogen (secondary N) is 1. The van der Waals surface area contributed by atoms with Crippen molar-refractivity contribution in [2.75, 3.05) is 6.54 Å². The van der Waals surface area contributed by atoms with E-state index < -0.39 is 64.4 Å². The van der Waals surface area contributed by atoms with Gasteiger partial charge in [0.2, 0.25) is 11.3 Å². The second-order valence-electron chi connectivity index (χ2n) is 11.9. The van der Waals surface area contributed by atoms with Crippen LogP contribution >= 0.6 is 0 Å². The minimum absolute atomic E-state index is 0.0244. The number of hydrogen-bond donors (Lipinski definition) is 2. The number of carbonyl (C=O) groups is 3. The van der Waals surface area contributed by atoms with Crippen molar-refractivity contribution in [3.63, 3.8) is 0 Å². The number of aromatic nitrogens is 1. The number of aryl methyl sites for hydroxylation is 1. The van der Waals surface area contributed by atoms with Crippen LogP contribution in [-0.4, -0.2) is 55.5 Å². The maximum atomic E-state index is 14.4. The van der Waals surface area contributed by atoms with Crippen LogP contribution < -0.4 is 10.7 Å². The van der Waals surface area contributed by atoms with Gasteiger partial charge in [0, 0.05) is 30.9 Å². The topological polar surface area (TPSA) is 121 Å². The molecule has 4 atom stereocenters. The highest BCUT2D eigenvalue weighted by atomic mass is 19.1. The Morgan fingerprint density at radius 1 is 1.16 bits per heavy atom. The molecule has 3 aliphatic heterocycles. The summed E-state index contributed by atoms with van der Waals surface area (Å²) in [7, 11) is 0. The van der Waals surface area contributed by atoms with Gasteiger partial charge in [0.15, 0.2) is 11.4 Å². The molecular formula is C32H32F2N4O6. The van der Waals surface area contributed by atoms with Gasteiger partial charge in [-0.3, -0.25) is 24.0 Å². The summed E-state index contributed by atoms with van der Waals surface area (Å²) in [4.78, 5) is 61.6. The van der Waals surface area contributed by atoms with Crippen molar-refractivity contribution in [2.45, 2.75) is 70.3 Å². The normalized spacial score (nSPS) is 23.5. The van der Waals surface area contributed by atoms with E-state index in [0.717, 1.165) is 17.7 Å². The lowest BCUT2D eigenvalue weighted by atomic mass is 9.85. The molecule has 1 spiro atoms. The van der Waals surface area contributed by atoms with Crippen LogP contribution in [0, 0.1) is 18.6 Å². The van der Waals surface area contributed by atoms with Crippen LogP contribution in [0.1, 0.15) is 82.7 Å². The number of pyridine rings is 1. The van der Waals surface area contributed by atoms with Crippen LogP contribution in [0.15, 0.2) is 53.5 Å². The Balaban J connectivity index is 1.39. The molecule has 230 valence electrons. The van der Waals surface area contributed by atoms with Crippen LogP contribution in [0.5, 0.6) is 5.75 Å². The molecule has 2 aromatic carbocycles. The predicted octanol–water partition coefficient (Wildman–Crippen LogP) is 3.91. The third kappa shape index (κ3) is 4.73. The van der Waals surface area contributed by atoms with Gasteiger partial charge in [-0.2, -0.15) is 0 Å². The lowest BCUT2D eigenvalue weighted by molar-refractivity contribution is -0.228. The van der Waals surface area contributed by atoms with Crippen molar-refractivity contribution in [2.24, 2.45) is 0 Å². The summed E-state index contributed by atoms with van der Waals surface area (Å²) >= 11 is 0. The van der Waals surface area contributed by atoms with Crippen LogP contribution in [0.25, 0.3) is 0 Å². The number of amides is 3. The first-order valence-electron chi connectivity index (χ1n) is 14.5. The predicted molar refractivity (Wildman–Crippen MR) is 154 cm³/mol. The maximum Gasteiger partial charge on any atom is 0.274 e. The summed E-state index contributed by atoms with van der Waals surface area (Å²) < 4.78 is 30.2. The Labute approximate surface area is 251 Å². The van der Waals surface area contributed by atoms with Gasteiger partial charge in [-0.25, -0.2) is 13.8 Å². The Hall–Kier alpha value is -4.58. The second-order valence-corrected chi connectivity index (χ2v) is 11.9. The molecule has 2 saturated heterocycles. The molecule has 3 aromatic rings. The van der Waals surface area contributed by atoms with Crippen LogP contribution in [-0.2, 0) is 16.2 Å². The summed E-state index contributed by atoms with van der Waals surface area (Å²) in [5.74, 6) is -4.47. The minimum Gasteiger partial charge on any atom is -0.503 e. The standard InChI is InChI=1S/C32H32F2N4O6/c1-17-11-23(33)21(24(34)12-17)14-35-30(42)22-15-37-25-16-36(31(43)27(37)29(41)28(22)40)18(2)9-10-32(25)13-26(39)38(44-32)19(3)20-7-5-4-6-8-20/h4-8,11-12,15,18-19,25,41H,9-10,13-14,16H2,1-3H3,(H,35,42)/t18-,19-,25+,32-/m0/s1. The fourth-order valence-electron chi connectivity index (χ4n) is 6.56. The Bertz CT molecular complexity index is 1720. The van der Waals surface area contributed by atoms with E-state index in [1.807, 2.05) is 44.2 Å². The van der Waals surface area contributed by atoms with E-state index >= 15 is 0 Å². The molecule has 2 fully saturated rings. The van der Waals surface area contributed by atoms with Gasteiger partial charge >= 0.3 is 0 Å². The highest BCUT2D eigenvalue weighted by molar-refractivity contribution is 5.99. The van der Waals surface area contributed by atoms with E-state index in [0.29, 0.717) is 18.4 Å². The summed E-state index contributed by atoms with van der Waals surface area (Å²) in [6.07, 6.45) is 2.02. The zero-order valence-corrected chi connectivity index (χ0v) is 24.5. The van der Waals surface area contributed by atoms with Gasteiger partial charge in [-0.15, -0.1) is 0 Å². The quantitative estimate of drug-likeness (QED) is 0.455. The number of aromatic hydroxyl groups is 1. The first kappa shape index (κ1) is 29.5. The Morgan fingerprint density at radius 3 is 2.52 bits per heavy atom. The lowest BCUT2D eigenvalue weighted by Gasteiger charge is -2.42. The van der Waals surface area contributed by atoms with Gasteiger partial charge in [0.05, 0.1) is 18.5 Å². The minimum atomic E-state index is -1.15. The van der Waals surface area contributed by atoms with Crippen LogP contribution in [0.3, 0.4) is 0 Å². The molecule has 3 amide bonds. The molecule has 1 aromatic heterocycles. The smallest absolute Gasteiger partial charge is 0.274 e. The molecule has 0 radical (unpaired) electrons. The van der Waals surface area contributed by atoms with Gasteiger partial charge in [-0.05, 0) is 56.9 Å². The molecule has 0 aliphatic carbocycles. The molecule has 0 unspecified atom stereocenters. The van der Waals surface area contributed by atoms with E-state index in [9.17, 15) is 33.1 Å². The molecule has 10 nitrogen and oxygen atoms in total. The zero-order chi connectivity index (χ0) is 31.5. The number of hydrogen-bond acceptors (Lipinski definition) is 6. The Morgan fingerprint density at radius 2 is 1.84 bits per heavy atom. The van der Waals surface area contributed by atoms with Crippen molar-refractivity contribution in [3.05, 3.63) is 98.5 Å². The second kappa shape index (κ2) is 10.8. The number of benzene rings is 2. The van der Waals surface area contributed by atoms with Crippen molar-refractivity contribution in [1.82, 2.24) is 19.8 Å². The number of nitrogens with zero attached hydrogens (tertiary/aromatic N) is 3. The largest absolute Gasteiger partial charge is 0.503 e. The molecule has 3 aliphatic rings. The third-order valence-electron chi connectivity index (χ3n) is 9.07. The molecule has 2 bridgehead atoms. The third-order valence-corrected chi connectivity index (χ3v) is 9.07. The van der Waals surface area contributed by atoms with Gasteiger partial charge < -0.3 is 19.9 Å². The average Bonchev–Trinajstić information content (AvgIpc) is 3.27. The zero-order valence-electron chi connectivity index (χ0n) is 24.5. The van der Waals surface area contributed by atoms with Gasteiger partial charge in [-0.1, -0.05) is 30.3 Å². The highest BCUT2D eigenvalue weighted by Crippen LogP contribution is 2.48. The van der Waals surface area contributed by atoms with Gasteiger partial charge in [0.25, 0.3) is 11.8 Å². The number of carbonyl (C=O) groups excluding carboxylic acids is 3. The monoisotopic (exact) mass is 606 g/mol. The molecule has 0 saturated carbocycles. The van der Waals surface area contributed by atoms with Crippen molar-refractivity contribution < 1.29 is 33.1 Å². The SMILES string of the molecule is Cc1cc(F)c(CNC(=O)c2cn3c(c(O)c2=O)C(=O)N2C[C@@H]3[C@]3(CC[C@@H]2C)CC(=O)N([C@@H](C)c2ccccc2)O3)c(F)c1. The maximum absolute atomic E-state index is 14.4. The summed E-state index contributed by atoms with van der Waals surface area (Å²) in [6.45, 7) is 4.78. The van der Waals surface area contributed by atoms with Crippen molar-refractivity contribution in [3.8, 4) is 5.75 Å². The van der Waals surface area contributed by atoms with Crippen molar-refractivity contribution >= 4 is 17.7 Å². The molecule has 12 heteroatoms. The van der Waals surface area contributed by atoms with E-state index in [2.05, 4.69) is 5.32 Å².